The number of halogens is 1. The molecule has 0 bridgehead atoms. The van der Waals surface area contributed by atoms with E-state index in [0.29, 0.717) is 16.9 Å². The second kappa shape index (κ2) is 7.63. The summed E-state index contributed by atoms with van der Waals surface area (Å²) < 4.78 is 1.91. The lowest BCUT2D eigenvalue weighted by Crippen LogP contribution is -2.32. The summed E-state index contributed by atoms with van der Waals surface area (Å²) >= 11 is 1.61. The summed E-state index contributed by atoms with van der Waals surface area (Å²) in [6.45, 7) is 1.99. The van der Waals surface area contributed by atoms with Crippen molar-refractivity contribution in [1.82, 2.24) is 20.1 Å². The number of fused-ring (bicyclic) bond motifs is 1. The Morgan fingerprint density at radius 1 is 1.33 bits per heavy atom. The van der Waals surface area contributed by atoms with E-state index in [0.717, 1.165) is 44.5 Å². The number of nitrogens with one attached hydrogen (secondary N) is 2. The second-order valence-electron chi connectivity index (χ2n) is 6.23. The molecule has 6 nitrogen and oxygen atoms in total. The Kier molecular flexibility index (Phi) is 5.53. The number of amides is 1. The molecule has 130 valence electrons. The largest absolute Gasteiger partial charge is 0.315 e. The maximum Gasteiger partial charge on any atom is 0.277 e. The van der Waals surface area contributed by atoms with Gasteiger partial charge in [0.2, 0.25) is 0 Å². The maximum atomic E-state index is 12.4. The first-order valence-electron chi connectivity index (χ1n) is 8.35. The van der Waals surface area contributed by atoms with Gasteiger partial charge in [-0.3, -0.25) is 14.8 Å². The van der Waals surface area contributed by atoms with Crippen LogP contribution < -0.4 is 10.6 Å². The molecule has 8 heteroatoms. The van der Waals surface area contributed by atoms with E-state index in [1.54, 1.807) is 17.4 Å². The summed E-state index contributed by atoms with van der Waals surface area (Å²) in [7, 11) is 0. The molecule has 1 aliphatic carbocycles. The molecule has 1 atom stereocenters. The van der Waals surface area contributed by atoms with E-state index in [4.69, 9.17) is 0 Å². The maximum absolute atomic E-state index is 12.4. The van der Waals surface area contributed by atoms with Gasteiger partial charge in [0.15, 0.2) is 10.8 Å². The van der Waals surface area contributed by atoms with Gasteiger partial charge in [0.1, 0.15) is 0 Å². The van der Waals surface area contributed by atoms with E-state index in [9.17, 15) is 4.79 Å². The molecule has 2 aliphatic rings. The zero-order valence-electron chi connectivity index (χ0n) is 13.5. The smallest absolute Gasteiger partial charge is 0.277 e. The first-order chi connectivity index (χ1) is 11.3. The summed E-state index contributed by atoms with van der Waals surface area (Å²) in [5.41, 5.74) is 1.62. The number of piperidine rings is 1. The van der Waals surface area contributed by atoms with Crippen LogP contribution in [0.15, 0.2) is 12.3 Å². The minimum absolute atomic E-state index is 0. The summed E-state index contributed by atoms with van der Waals surface area (Å²) in [4.78, 5) is 18.3. The van der Waals surface area contributed by atoms with Gasteiger partial charge >= 0.3 is 0 Å². The molecule has 4 rings (SSSR count). The zero-order chi connectivity index (χ0) is 15.6. The highest BCUT2D eigenvalue weighted by Crippen LogP contribution is 2.29. The lowest BCUT2D eigenvalue weighted by atomic mass is 10.0. The van der Waals surface area contributed by atoms with Gasteiger partial charge in [-0.15, -0.1) is 23.7 Å². The standard InChI is InChI=1S/C16H21N5OS.ClH/c22-15(19-16-18-12-5-1-2-6-14(12)23-16)13-7-9-21(20-13)11-4-3-8-17-10-11;/h7,9,11,17H,1-6,8,10H2,(H,18,19,22);1H. The van der Waals surface area contributed by atoms with Crippen molar-refractivity contribution in [2.75, 3.05) is 18.4 Å². The Morgan fingerprint density at radius 2 is 2.21 bits per heavy atom. The molecule has 2 aromatic heterocycles. The fourth-order valence-electron chi connectivity index (χ4n) is 3.29. The van der Waals surface area contributed by atoms with E-state index < -0.39 is 0 Å². The quantitative estimate of drug-likeness (QED) is 0.875. The summed E-state index contributed by atoms with van der Waals surface area (Å²) in [6, 6.07) is 2.13. The molecule has 0 spiro atoms. The topological polar surface area (TPSA) is 71.8 Å². The Labute approximate surface area is 151 Å². The third-order valence-corrected chi connectivity index (χ3v) is 5.62. The zero-order valence-corrected chi connectivity index (χ0v) is 15.1. The molecular weight excluding hydrogens is 346 g/mol. The number of rotatable bonds is 3. The third kappa shape index (κ3) is 3.63. The minimum atomic E-state index is -0.168. The van der Waals surface area contributed by atoms with Crippen molar-refractivity contribution < 1.29 is 4.79 Å². The van der Waals surface area contributed by atoms with Crippen LogP contribution in [0.3, 0.4) is 0 Å². The van der Waals surface area contributed by atoms with Crippen LogP contribution in [0, 0.1) is 0 Å². The second-order valence-corrected chi connectivity index (χ2v) is 7.31. The lowest BCUT2D eigenvalue weighted by Gasteiger charge is -2.22. The fraction of sp³-hybridized carbons (Fsp3) is 0.562. The Balaban J connectivity index is 0.00000169. The van der Waals surface area contributed by atoms with Crippen LogP contribution >= 0.6 is 23.7 Å². The van der Waals surface area contributed by atoms with Crippen LogP contribution in [0.1, 0.15) is 52.8 Å². The van der Waals surface area contributed by atoms with Crippen LogP contribution in [-0.4, -0.2) is 33.8 Å². The molecule has 1 fully saturated rings. The highest BCUT2D eigenvalue weighted by Gasteiger charge is 2.20. The third-order valence-electron chi connectivity index (χ3n) is 4.55. The van der Waals surface area contributed by atoms with Gasteiger partial charge in [-0.25, -0.2) is 4.98 Å². The van der Waals surface area contributed by atoms with Crippen LogP contribution in [0.5, 0.6) is 0 Å². The van der Waals surface area contributed by atoms with Gasteiger partial charge in [-0.1, -0.05) is 0 Å². The fourth-order valence-corrected chi connectivity index (χ4v) is 4.33. The number of thiazole rings is 1. The lowest BCUT2D eigenvalue weighted by molar-refractivity contribution is 0.102. The highest BCUT2D eigenvalue weighted by atomic mass is 35.5. The van der Waals surface area contributed by atoms with Crippen LogP contribution in [0.25, 0.3) is 0 Å². The monoisotopic (exact) mass is 367 g/mol. The normalized spacial score (nSPS) is 20.1. The first-order valence-corrected chi connectivity index (χ1v) is 9.17. The number of carbonyl (C=O) groups excluding carboxylic acids is 1. The molecule has 0 saturated carbocycles. The summed E-state index contributed by atoms with van der Waals surface area (Å²) in [6.07, 6.45) is 8.70. The van der Waals surface area contributed by atoms with Gasteiger partial charge in [0.05, 0.1) is 11.7 Å². The number of aryl methyl sites for hydroxylation is 2. The van der Waals surface area contributed by atoms with Gasteiger partial charge in [-0.2, -0.15) is 5.10 Å². The highest BCUT2D eigenvalue weighted by molar-refractivity contribution is 7.15. The van der Waals surface area contributed by atoms with Crippen molar-refractivity contribution in [3.8, 4) is 0 Å². The predicted molar refractivity (Wildman–Crippen MR) is 97.3 cm³/mol. The van der Waals surface area contributed by atoms with Crippen molar-refractivity contribution in [2.24, 2.45) is 0 Å². The minimum Gasteiger partial charge on any atom is -0.315 e. The SMILES string of the molecule is Cl.O=C(Nc1nc2c(s1)CCCC2)c1ccn(C2CCCNC2)n1. The molecule has 24 heavy (non-hydrogen) atoms. The van der Waals surface area contributed by atoms with Crippen LogP contribution in [-0.2, 0) is 12.8 Å². The number of nitrogens with zero attached hydrogens (tertiary/aromatic N) is 3. The van der Waals surface area contributed by atoms with E-state index in [2.05, 4.69) is 20.7 Å². The van der Waals surface area contributed by atoms with Gasteiger partial charge in [0, 0.05) is 17.6 Å². The molecule has 0 radical (unpaired) electrons. The van der Waals surface area contributed by atoms with Crippen molar-refractivity contribution in [1.29, 1.82) is 0 Å². The summed E-state index contributed by atoms with van der Waals surface area (Å²) in [5, 5.41) is 11.4. The van der Waals surface area contributed by atoms with E-state index >= 15 is 0 Å². The Morgan fingerprint density at radius 3 is 3.00 bits per heavy atom. The molecule has 3 heterocycles. The van der Waals surface area contributed by atoms with Crippen molar-refractivity contribution in [3.63, 3.8) is 0 Å². The number of hydrogen-bond donors (Lipinski definition) is 2. The number of hydrogen-bond acceptors (Lipinski definition) is 5. The van der Waals surface area contributed by atoms with Crippen molar-refractivity contribution in [2.45, 2.75) is 44.6 Å². The van der Waals surface area contributed by atoms with Gasteiger partial charge in [0.25, 0.3) is 5.91 Å². The van der Waals surface area contributed by atoms with E-state index in [-0.39, 0.29) is 18.3 Å². The number of anilines is 1. The summed E-state index contributed by atoms with van der Waals surface area (Å²) in [5.74, 6) is -0.168. The average molecular weight is 368 g/mol. The molecule has 0 aromatic carbocycles. The van der Waals surface area contributed by atoms with Crippen molar-refractivity contribution in [3.05, 3.63) is 28.5 Å². The van der Waals surface area contributed by atoms with E-state index in [1.807, 2.05) is 10.9 Å². The Hall–Kier alpha value is -1.44. The molecule has 1 saturated heterocycles. The number of carbonyl (C=O) groups is 1. The molecule has 1 aliphatic heterocycles. The molecule has 1 amide bonds. The molecular formula is C16H22ClN5OS. The van der Waals surface area contributed by atoms with Crippen molar-refractivity contribution >= 4 is 34.8 Å². The van der Waals surface area contributed by atoms with E-state index in [1.165, 1.54) is 17.7 Å². The Bertz CT molecular complexity index is 684. The number of aromatic nitrogens is 3. The average Bonchev–Trinajstić information content (AvgIpc) is 3.22. The predicted octanol–water partition coefficient (Wildman–Crippen LogP) is 2.82. The van der Waals surface area contributed by atoms with Crippen LogP contribution in [0.2, 0.25) is 0 Å². The van der Waals surface area contributed by atoms with Gasteiger partial charge < -0.3 is 5.32 Å². The molecule has 2 aromatic rings. The molecule has 1 unspecified atom stereocenters. The molecule has 2 N–H and O–H groups in total. The van der Waals surface area contributed by atoms with Gasteiger partial charge in [-0.05, 0) is 51.1 Å². The van der Waals surface area contributed by atoms with Crippen LogP contribution in [0.4, 0.5) is 5.13 Å². The first kappa shape index (κ1) is 17.4.